The molecule has 1 fully saturated rings. The molecule has 0 radical (unpaired) electrons. The average molecular weight is 379 g/mol. The molecule has 2 heterocycles. The van der Waals surface area contributed by atoms with Crippen LogP contribution in [0.1, 0.15) is 18.4 Å². The SMILES string of the molecule is COCCN1CCCC(CNCc2cnn(-c3ccc4ccccc4c3)c2)C1. The van der Waals surface area contributed by atoms with E-state index in [2.05, 4.69) is 64.0 Å². The van der Waals surface area contributed by atoms with Crippen LogP contribution in [0.3, 0.4) is 0 Å². The third kappa shape index (κ3) is 4.79. The number of fused-ring (bicyclic) bond motifs is 1. The Morgan fingerprint density at radius 2 is 2.07 bits per heavy atom. The van der Waals surface area contributed by atoms with E-state index in [0.29, 0.717) is 0 Å². The maximum atomic E-state index is 5.21. The summed E-state index contributed by atoms with van der Waals surface area (Å²) in [6, 6.07) is 14.9. The van der Waals surface area contributed by atoms with Gasteiger partial charge in [0.25, 0.3) is 0 Å². The fourth-order valence-corrected chi connectivity index (χ4v) is 4.07. The number of hydrogen-bond acceptors (Lipinski definition) is 4. The third-order valence-electron chi connectivity index (χ3n) is 5.61. The van der Waals surface area contributed by atoms with Gasteiger partial charge in [0.2, 0.25) is 0 Å². The Labute approximate surface area is 167 Å². The number of rotatable bonds is 8. The second kappa shape index (κ2) is 9.32. The first kappa shape index (κ1) is 19.1. The minimum absolute atomic E-state index is 0.723. The van der Waals surface area contributed by atoms with Crippen molar-refractivity contribution < 1.29 is 4.74 Å². The molecule has 0 aliphatic carbocycles. The molecule has 148 valence electrons. The van der Waals surface area contributed by atoms with Crippen molar-refractivity contribution >= 4 is 10.8 Å². The number of methoxy groups -OCH3 is 1. The molecule has 0 spiro atoms. The molecular weight excluding hydrogens is 348 g/mol. The van der Waals surface area contributed by atoms with Crippen molar-refractivity contribution in [1.29, 1.82) is 0 Å². The number of aromatic nitrogens is 2. The van der Waals surface area contributed by atoms with Crippen LogP contribution in [0.4, 0.5) is 0 Å². The zero-order chi connectivity index (χ0) is 19.2. The van der Waals surface area contributed by atoms with E-state index >= 15 is 0 Å². The number of nitrogens with one attached hydrogen (secondary N) is 1. The molecule has 1 aliphatic rings. The number of nitrogens with zero attached hydrogens (tertiary/aromatic N) is 3. The molecule has 28 heavy (non-hydrogen) atoms. The standard InChI is InChI=1S/C23H30N4O/c1-28-12-11-26-10-4-5-19(17-26)14-24-15-20-16-25-27(18-20)23-9-8-21-6-2-3-7-22(21)13-23/h2-3,6-9,13,16,18-19,24H,4-5,10-12,14-15,17H2,1H3. The summed E-state index contributed by atoms with van der Waals surface area (Å²) < 4.78 is 7.18. The van der Waals surface area contributed by atoms with Crippen molar-refractivity contribution in [2.45, 2.75) is 19.4 Å². The van der Waals surface area contributed by atoms with Crippen molar-refractivity contribution in [2.24, 2.45) is 5.92 Å². The number of likely N-dealkylation sites (tertiary alicyclic amines) is 1. The maximum absolute atomic E-state index is 5.21. The topological polar surface area (TPSA) is 42.3 Å². The van der Waals surface area contributed by atoms with E-state index in [1.54, 1.807) is 7.11 Å². The molecule has 1 N–H and O–H groups in total. The highest BCUT2D eigenvalue weighted by Gasteiger charge is 2.19. The normalized spacial score (nSPS) is 18.0. The molecule has 2 aromatic carbocycles. The van der Waals surface area contributed by atoms with Crippen LogP contribution in [-0.4, -0.2) is 54.6 Å². The van der Waals surface area contributed by atoms with Gasteiger partial charge in [0.15, 0.2) is 0 Å². The summed E-state index contributed by atoms with van der Waals surface area (Å²) in [5.41, 5.74) is 2.33. The molecule has 5 nitrogen and oxygen atoms in total. The van der Waals surface area contributed by atoms with Crippen LogP contribution in [-0.2, 0) is 11.3 Å². The zero-order valence-electron chi connectivity index (χ0n) is 16.7. The lowest BCUT2D eigenvalue weighted by molar-refractivity contribution is 0.114. The summed E-state index contributed by atoms with van der Waals surface area (Å²) in [5, 5.41) is 10.7. The van der Waals surface area contributed by atoms with Crippen molar-refractivity contribution in [1.82, 2.24) is 20.0 Å². The van der Waals surface area contributed by atoms with Gasteiger partial charge in [0.1, 0.15) is 0 Å². The summed E-state index contributed by atoms with van der Waals surface area (Å²) in [6.45, 7) is 6.18. The molecule has 0 bridgehead atoms. The van der Waals surface area contributed by atoms with Crippen LogP contribution in [0, 0.1) is 5.92 Å². The summed E-state index contributed by atoms with van der Waals surface area (Å²) in [4.78, 5) is 2.52. The molecule has 1 aliphatic heterocycles. The Kier molecular flexibility index (Phi) is 6.37. The first-order valence-electron chi connectivity index (χ1n) is 10.3. The number of piperidine rings is 1. The Bertz CT molecular complexity index is 891. The highest BCUT2D eigenvalue weighted by atomic mass is 16.5. The lowest BCUT2D eigenvalue weighted by Crippen LogP contribution is -2.40. The minimum atomic E-state index is 0.723. The van der Waals surface area contributed by atoms with Gasteiger partial charge in [-0.25, -0.2) is 4.68 Å². The Morgan fingerprint density at radius 3 is 2.96 bits per heavy atom. The first-order valence-corrected chi connectivity index (χ1v) is 10.3. The molecule has 0 saturated carbocycles. The number of ether oxygens (including phenoxy) is 1. The summed E-state index contributed by atoms with van der Waals surface area (Å²) >= 11 is 0. The molecule has 1 aromatic heterocycles. The highest BCUT2D eigenvalue weighted by molar-refractivity contribution is 5.84. The van der Waals surface area contributed by atoms with E-state index in [0.717, 1.165) is 37.8 Å². The van der Waals surface area contributed by atoms with Gasteiger partial charge >= 0.3 is 0 Å². The van der Waals surface area contributed by atoms with Gasteiger partial charge in [0.05, 0.1) is 18.5 Å². The summed E-state index contributed by atoms with van der Waals surface area (Å²) in [5.74, 6) is 0.723. The van der Waals surface area contributed by atoms with Crippen LogP contribution < -0.4 is 5.32 Å². The second-order valence-electron chi connectivity index (χ2n) is 7.76. The largest absolute Gasteiger partial charge is 0.383 e. The predicted octanol–water partition coefficient (Wildman–Crippen LogP) is 3.47. The van der Waals surface area contributed by atoms with Gasteiger partial charge in [0, 0.05) is 38.5 Å². The quantitative estimate of drug-likeness (QED) is 0.652. The Hall–Kier alpha value is -2.21. The van der Waals surface area contributed by atoms with Crippen LogP contribution in [0.15, 0.2) is 54.9 Å². The van der Waals surface area contributed by atoms with E-state index in [4.69, 9.17) is 4.74 Å². The monoisotopic (exact) mass is 378 g/mol. The van der Waals surface area contributed by atoms with E-state index in [1.807, 2.05) is 10.9 Å². The lowest BCUT2D eigenvalue weighted by atomic mass is 9.98. The van der Waals surface area contributed by atoms with Gasteiger partial charge in [-0.3, -0.25) is 0 Å². The van der Waals surface area contributed by atoms with Crippen LogP contribution in [0.5, 0.6) is 0 Å². The molecular formula is C23H30N4O. The molecule has 1 unspecified atom stereocenters. The van der Waals surface area contributed by atoms with Crippen LogP contribution in [0.25, 0.3) is 16.5 Å². The second-order valence-corrected chi connectivity index (χ2v) is 7.76. The lowest BCUT2D eigenvalue weighted by Gasteiger charge is -2.32. The first-order chi connectivity index (χ1) is 13.8. The van der Waals surface area contributed by atoms with Crippen LogP contribution >= 0.6 is 0 Å². The fourth-order valence-electron chi connectivity index (χ4n) is 4.07. The molecule has 4 rings (SSSR count). The van der Waals surface area contributed by atoms with Crippen molar-refractivity contribution in [2.75, 3.05) is 39.9 Å². The van der Waals surface area contributed by atoms with Gasteiger partial charge in [-0.2, -0.15) is 5.10 Å². The number of benzene rings is 2. The van der Waals surface area contributed by atoms with Gasteiger partial charge in [-0.05, 0) is 54.8 Å². The zero-order valence-corrected chi connectivity index (χ0v) is 16.7. The van der Waals surface area contributed by atoms with Gasteiger partial charge in [-0.15, -0.1) is 0 Å². The predicted molar refractivity (Wildman–Crippen MR) is 114 cm³/mol. The Balaban J connectivity index is 1.30. The van der Waals surface area contributed by atoms with Crippen molar-refractivity contribution in [3.05, 3.63) is 60.4 Å². The summed E-state index contributed by atoms with van der Waals surface area (Å²) in [7, 11) is 1.78. The van der Waals surface area contributed by atoms with Gasteiger partial charge in [-0.1, -0.05) is 30.3 Å². The molecule has 3 aromatic rings. The molecule has 1 saturated heterocycles. The van der Waals surface area contributed by atoms with Crippen molar-refractivity contribution in [3.8, 4) is 5.69 Å². The Morgan fingerprint density at radius 1 is 1.18 bits per heavy atom. The molecule has 0 amide bonds. The van der Waals surface area contributed by atoms with Crippen LogP contribution in [0.2, 0.25) is 0 Å². The average Bonchev–Trinajstić information content (AvgIpc) is 3.21. The highest BCUT2D eigenvalue weighted by Crippen LogP contribution is 2.19. The third-order valence-corrected chi connectivity index (χ3v) is 5.61. The smallest absolute Gasteiger partial charge is 0.0652 e. The van der Waals surface area contributed by atoms with Crippen molar-refractivity contribution in [3.63, 3.8) is 0 Å². The van der Waals surface area contributed by atoms with E-state index in [-0.39, 0.29) is 0 Å². The summed E-state index contributed by atoms with van der Waals surface area (Å²) in [6.07, 6.45) is 6.69. The fraction of sp³-hybridized carbons (Fsp3) is 0.435. The molecule has 1 atom stereocenters. The van der Waals surface area contributed by atoms with E-state index in [9.17, 15) is 0 Å². The minimum Gasteiger partial charge on any atom is -0.383 e. The van der Waals surface area contributed by atoms with Gasteiger partial charge < -0.3 is 15.0 Å². The molecule has 5 heteroatoms. The van der Waals surface area contributed by atoms with E-state index in [1.165, 1.54) is 42.3 Å². The number of hydrogen-bond donors (Lipinski definition) is 1. The maximum Gasteiger partial charge on any atom is 0.0652 e. The van der Waals surface area contributed by atoms with E-state index < -0.39 is 0 Å².